The molecule has 2 aliphatic heterocycles. The van der Waals surface area contributed by atoms with Gasteiger partial charge in [-0.05, 0) is 54.9 Å². The average Bonchev–Trinajstić information content (AvgIpc) is 2.69. The summed E-state index contributed by atoms with van der Waals surface area (Å²) in [6.45, 7) is 7.84. The van der Waals surface area contributed by atoms with Gasteiger partial charge in [-0.15, -0.1) is 0 Å². The van der Waals surface area contributed by atoms with E-state index in [1.54, 1.807) is 0 Å². The van der Waals surface area contributed by atoms with Crippen LogP contribution in [0.25, 0.3) is 0 Å². The van der Waals surface area contributed by atoms with E-state index in [9.17, 15) is 9.50 Å². The van der Waals surface area contributed by atoms with Crippen molar-refractivity contribution in [1.29, 1.82) is 0 Å². The summed E-state index contributed by atoms with van der Waals surface area (Å²) in [5, 5.41) is 10.4. The number of fused-ring (bicyclic) bond motifs is 1. The van der Waals surface area contributed by atoms with Crippen molar-refractivity contribution in [3.8, 4) is 0 Å². The molecule has 0 aliphatic carbocycles. The Morgan fingerprint density at radius 1 is 0.889 bits per heavy atom. The second kappa shape index (κ2) is 8.38. The summed E-state index contributed by atoms with van der Waals surface area (Å²) >= 11 is 0. The fraction of sp³-hybridized carbons (Fsp3) is 0.455. The first-order chi connectivity index (χ1) is 13.2. The van der Waals surface area contributed by atoms with Crippen LogP contribution in [0.15, 0.2) is 48.5 Å². The molecule has 0 amide bonds. The number of halogens is 1. The highest BCUT2D eigenvalue weighted by Crippen LogP contribution is 2.26. The van der Waals surface area contributed by atoms with E-state index < -0.39 is 0 Å². The predicted octanol–water partition coefficient (Wildman–Crippen LogP) is 2.89. The van der Waals surface area contributed by atoms with Gasteiger partial charge < -0.3 is 10.0 Å². The largest absolute Gasteiger partial charge is 0.387 e. The summed E-state index contributed by atoms with van der Waals surface area (Å²) in [7, 11) is 0. The lowest BCUT2D eigenvalue weighted by atomic mass is 9.97. The molecule has 0 radical (unpaired) electrons. The van der Waals surface area contributed by atoms with Gasteiger partial charge in [0.25, 0.3) is 0 Å². The van der Waals surface area contributed by atoms with Gasteiger partial charge >= 0.3 is 0 Å². The summed E-state index contributed by atoms with van der Waals surface area (Å²) in [6, 6.07) is 15.0. The first-order valence-electron chi connectivity index (χ1n) is 9.90. The summed E-state index contributed by atoms with van der Waals surface area (Å²) < 4.78 is 13.1. The van der Waals surface area contributed by atoms with Gasteiger partial charge in [-0.1, -0.05) is 24.3 Å². The van der Waals surface area contributed by atoms with Crippen LogP contribution >= 0.6 is 0 Å². The number of rotatable bonds is 5. The number of aliphatic hydroxyl groups excluding tert-OH is 1. The van der Waals surface area contributed by atoms with E-state index in [1.165, 1.54) is 17.7 Å². The Bertz CT molecular complexity index is 743. The lowest BCUT2D eigenvalue weighted by Gasteiger charge is -2.37. The maximum atomic E-state index is 13.1. The molecule has 1 unspecified atom stereocenters. The van der Waals surface area contributed by atoms with E-state index in [1.807, 2.05) is 24.3 Å². The molecule has 2 heterocycles. The van der Waals surface area contributed by atoms with Crippen molar-refractivity contribution >= 4 is 5.69 Å². The summed E-state index contributed by atoms with van der Waals surface area (Å²) in [4.78, 5) is 7.20. The Balaban J connectivity index is 1.20. The van der Waals surface area contributed by atoms with Crippen molar-refractivity contribution in [1.82, 2.24) is 9.80 Å². The molecule has 1 saturated heterocycles. The third-order valence-electron chi connectivity index (χ3n) is 5.75. The average molecular weight is 369 g/mol. The molecule has 2 aromatic rings. The van der Waals surface area contributed by atoms with Crippen LogP contribution in [0.2, 0.25) is 0 Å². The van der Waals surface area contributed by atoms with Crippen LogP contribution in [-0.2, 0) is 6.54 Å². The van der Waals surface area contributed by atoms with Crippen molar-refractivity contribution < 1.29 is 9.50 Å². The van der Waals surface area contributed by atoms with Crippen molar-refractivity contribution in [3.63, 3.8) is 0 Å². The van der Waals surface area contributed by atoms with E-state index in [4.69, 9.17) is 0 Å². The number of nitrogens with zero attached hydrogens (tertiary/aromatic N) is 3. The van der Waals surface area contributed by atoms with Gasteiger partial charge in [0.1, 0.15) is 5.82 Å². The Morgan fingerprint density at radius 3 is 2.37 bits per heavy atom. The molecule has 5 heteroatoms. The van der Waals surface area contributed by atoms with E-state index in [2.05, 4.69) is 26.8 Å². The van der Waals surface area contributed by atoms with E-state index in [-0.39, 0.29) is 11.9 Å². The SMILES string of the molecule is OC1CN(CCCN2CCN(c3ccc(F)cc3)CC2)Cc2ccccc21. The second-order valence-electron chi connectivity index (χ2n) is 7.61. The van der Waals surface area contributed by atoms with Crippen molar-refractivity contribution in [3.05, 3.63) is 65.5 Å². The smallest absolute Gasteiger partial charge is 0.123 e. The number of aliphatic hydroxyl groups is 1. The number of piperazine rings is 1. The molecular formula is C22H28FN3O. The molecule has 144 valence electrons. The number of benzene rings is 2. The van der Waals surface area contributed by atoms with Crippen LogP contribution in [0, 0.1) is 5.82 Å². The molecule has 2 aromatic carbocycles. The van der Waals surface area contributed by atoms with Crippen LogP contribution in [-0.4, -0.2) is 60.7 Å². The minimum Gasteiger partial charge on any atom is -0.387 e. The lowest BCUT2D eigenvalue weighted by Crippen LogP contribution is -2.47. The molecule has 0 saturated carbocycles. The van der Waals surface area contributed by atoms with Crippen LogP contribution in [0.3, 0.4) is 0 Å². The van der Waals surface area contributed by atoms with E-state index in [0.717, 1.165) is 70.0 Å². The molecule has 1 atom stereocenters. The number of β-amino-alcohol motifs (C(OH)–C–C–N with tert-alkyl or cyclic N) is 1. The Hall–Kier alpha value is -1.95. The summed E-state index contributed by atoms with van der Waals surface area (Å²) in [5.74, 6) is -0.178. The first-order valence-corrected chi connectivity index (χ1v) is 9.90. The fourth-order valence-corrected chi connectivity index (χ4v) is 4.22. The topological polar surface area (TPSA) is 30.0 Å². The minimum absolute atomic E-state index is 0.178. The van der Waals surface area contributed by atoms with Gasteiger partial charge in [-0.25, -0.2) is 4.39 Å². The van der Waals surface area contributed by atoms with Crippen LogP contribution in [0.1, 0.15) is 23.7 Å². The van der Waals surface area contributed by atoms with Crippen LogP contribution in [0.5, 0.6) is 0 Å². The zero-order chi connectivity index (χ0) is 18.6. The van der Waals surface area contributed by atoms with Gasteiger partial charge in [-0.2, -0.15) is 0 Å². The zero-order valence-corrected chi connectivity index (χ0v) is 15.7. The third-order valence-corrected chi connectivity index (χ3v) is 5.75. The molecule has 27 heavy (non-hydrogen) atoms. The molecular weight excluding hydrogens is 341 g/mol. The monoisotopic (exact) mass is 369 g/mol. The highest BCUT2D eigenvalue weighted by Gasteiger charge is 2.23. The normalized spacial score (nSPS) is 21.3. The number of hydrogen-bond donors (Lipinski definition) is 1. The highest BCUT2D eigenvalue weighted by molar-refractivity contribution is 5.46. The fourth-order valence-electron chi connectivity index (χ4n) is 4.22. The Morgan fingerprint density at radius 2 is 1.59 bits per heavy atom. The number of hydrogen-bond acceptors (Lipinski definition) is 4. The minimum atomic E-state index is -0.366. The zero-order valence-electron chi connectivity index (χ0n) is 15.7. The molecule has 1 fully saturated rings. The molecule has 2 aliphatic rings. The maximum absolute atomic E-state index is 13.1. The van der Waals surface area contributed by atoms with Crippen molar-refractivity contribution in [2.45, 2.75) is 19.1 Å². The molecule has 0 spiro atoms. The van der Waals surface area contributed by atoms with E-state index >= 15 is 0 Å². The Labute approximate surface area is 160 Å². The van der Waals surface area contributed by atoms with Gasteiger partial charge in [0.2, 0.25) is 0 Å². The number of anilines is 1. The highest BCUT2D eigenvalue weighted by atomic mass is 19.1. The van der Waals surface area contributed by atoms with Crippen molar-refractivity contribution in [2.75, 3.05) is 50.7 Å². The van der Waals surface area contributed by atoms with Crippen LogP contribution in [0.4, 0.5) is 10.1 Å². The summed E-state index contributed by atoms with van der Waals surface area (Å²) in [5.41, 5.74) is 3.45. The third kappa shape index (κ3) is 4.49. The molecule has 0 bridgehead atoms. The Kier molecular flexibility index (Phi) is 5.72. The summed E-state index contributed by atoms with van der Waals surface area (Å²) in [6.07, 6.45) is 0.750. The predicted molar refractivity (Wildman–Crippen MR) is 106 cm³/mol. The quantitative estimate of drug-likeness (QED) is 0.878. The van der Waals surface area contributed by atoms with Crippen molar-refractivity contribution in [2.24, 2.45) is 0 Å². The van der Waals surface area contributed by atoms with Gasteiger partial charge in [0, 0.05) is 45.0 Å². The lowest BCUT2D eigenvalue weighted by molar-refractivity contribution is 0.0890. The van der Waals surface area contributed by atoms with Crippen LogP contribution < -0.4 is 4.90 Å². The first kappa shape index (κ1) is 18.4. The molecule has 4 rings (SSSR count). The standard InChI is InChI=1S/C22H28FN3O/c23-19-6-8-20(9-7-19)26-14-12-24(13-15-26)10-3-11-25-16-18-4-1-2-5-21(18)22(27)17-25/h1-2,4-9,22,27H,3,10-17H2. The molecule has 0 aromatic heterocycles. The van der Waals surface area contributed by atoms with Gasteiger partial charge in [-0.3, -0.25) is 9.80 Å². The molecule has 1 N–H and O–H groups in total. The maximum Gasteiger partial charge on any atom is 0.123 e. The van der Waals surface area contributed by atoms with Gasteiger partial charge in [0.15, 0.2) is 0 Å². The van der Waals surface area contributed by atoms with E-state index in [0.29, 0.717) is 0 Å². The second-order valence-corrected chi connectivity index (χ2v) is 7.61. The van der Waals surface area contributed by atoms with Gasteiger partial charge in [0.05, 0.1) is 6.10 Å². The molecule has 4 nitrogen and oxygen atoms in total.